The molecule has 0 saturated heterocycles. The molecule has 3 rings (SSSR count). The maximum atomic E-state index is 11.1. The second-order valence-corrected chi connectivity index (χ2v) is 6.11. The minimum atomic E-state index is -0.600. The molecule has 0 heterocycles. The predicted octanol–water partition coefficient (Wildman–Crippen LogP) is 4.84. The third kappa shape index (κ3) is 3.35. The fourth-order valence-electron chi connectivity index (χ4n) is 2.62. The Balaban J connectivity index is 1.98. The molecule has 0 saturated carbocycles. The molecule has 0 N–H and O–H groups in total. The highest BCUT2D eigenvalue weighted by Crippen LogP contribution is 2.38. The van der Waals surface area contributed by atoms with Gasteiger partial charge in [0.1, 0.15) is 11.5 Å². The number of allylic oxidation sites excluding steroid dienone is 2. The van der Waals surface area contributed by atoms with Gasteiger partial charge >= 0.3 is 8.46 Å². The van der Waals surface area contributed by atoms with Crippen molar-refractivity contribution in [2.75, 3.05) is 7.11 Å². The Hall–Kier alpha value is -2.38. The van der Waals surface area contributed by atoms with E-state index in [9.17, 15) is 4.57 Å². The van der Waals surface area contributed by atoms with E-state index < -0.39 is 14.1 Å². The lowest BCUT2D eigenvalue weighted by Gasteiger charge is -2.32. The van der Waals surface area contributed by atoms with E-state index in [1.807, 2.05) is 72.8 Å². The normalized spacial score (nSPS) is 20.1. The third-order valence-electron chi connectivity index (χ3n) is 3.90. The summed E-state index contributed by atoms with van der Waals surface area (Å²) in [6.07, 6.45) is 6.47. The van der Waals surface area contributed by atoms with E-state index in [4.69, 9.17) is 9.47 Å². The number of para-hydroxylation sites is 1. The van der Waals surface area contributed by atoms with Gasteiger partial charge in [-0.1, -0.05) is 34.9 Å². The minimum absolute atomic E-state index is 0.445. The van der Waals surface area contributed by atoms with E-state index >= 15 is 0 Å². The molecule has 0 spiro atoms. The van der Waals surface area contributed by atoms with Crippen molar-refractivity contribution < 1.29 is 14.0 Å². The molecule has 0 bridgehead atoms. The summed E-state index contributed by atoms with van der Waals surface area (Å²) in [7, 11) is 1.20. The summed E-state index contributed by atoms with van der Waals surface area (Å²) in [4.78, 5) is 0. The highest BCUT2D eigenvalue weighted by Gasteiger charge is 2.34. The summed E-state index contributed by atoms with van der Waals surface area (Å²) in [5, 5.41) is 0.825. The number of hydrogen-bond acceptors (Lipinski definition) is 3. The van der Waals surface area contributed by atoms with Crippen molar-refractivity contribution in [2.24, 2.45) is 0 Å². The molecule has 0 fully saturated rings. The molecule has 0 aromatic heterocycles. The monoisotopic (exact) mass is 325 g/mol. The molecule has 0 radical (unpaired) electrons. The summed E-state index contributed by atoms with van der Waals surface area (Å²) in [6.45, 7) is 0. The van der Waals surface area contributed by atoms with Gasteiger partial charge in [0.25, 0.3) is 0 Å². The molecule has 2 atom stereocenters. The van der Waals surface area contributed by atoms with Gasteiger partial charge in [0.15, 0.2) is 10.9 Å². The molecular weight excluding hydrogens is 307 g/mol. The van der Waals surface area contributed by atoms with E-state index in [0.717, 1.165) is 22.4 Å². The zero-order valence-electron chi connectivity index (χ0n) is 12.9. The van der Waals surface area contributed by atoms with Crippen molar-refractivity contribution in [3.8, 4) is 11.5 Å². The summed E-state index contributed by atoms with van der Waals surface area (Å²) >= 11 is 0. The topological polar surface area (TPSA) is 35.5 Å². The number of hydrogen-bond donors (Lipinski definition) is 0. The van der Waals surface area contributed by atoms with Crippen LogP contribution in [0.5, 0.6) is 11.5 Å². The molecule has 3 nitrogen and oxygen atoms in total. The highest BCUT2D eigenvalue weighted by atomic mass is 31.1. The molecule has 1 aliphatic rings. The standard InChI is InChI=1S/C19H17O3P/c1-21-16-9-7-15(8-10-16)19(13-11-18(23-20)12-14-19)22-17-5-3-2-4-6-17/h2-13H,14H2,1H3/p+1. The molecule has 2 aromatic carbocycles. The van der Waals surface area contributed by atoms with Crippen LogP contribution in [0, 0.1) is 0 Å². The van der Waals surface area contributed by atoms with Crippen LogP contribution in [0.2, 0.25) is 0 Å². The number of benzene rings is 2. The average molecular weight is 325 g/mol. The SMILES string of the molecule is COc1ccc(C2(Oc3ccccc3)C=CC([PH+]=O)=CC2)cc1. The zero-order chi connectivity index (χ0) is 16.1. The van der Waals surface area contributed by atoms with E-state index in [1.165, 1.54) is 0 Å². The van der Waals surface area contributed by atoms with Gasteiger partial charge < -0.3 is 9.47 Å². The molecule has 0 amide bonds. The van der Waals surface area contributed by atoms with Gasteiger partial charge in [-0.3, -0.25) is 0 Å². The van der Waals surface area contributed by atoms with E-state index in [2.05, 4.69) is 0 Å². The van der Waals surface area contributed by atoms with Crippen molar-refractivity contribution >= 4 is 8.46 Å². The largest absolute Gasteiger partial charge is 0.497 e. The van der Waals surface area contributed by atoms with E-state index in [-0.39, 0.29) is 0 Å². The lowest BCUT2D eigenvalue weighted by molar-refractivity contribution is 0.121. The fraction of sp³-hybridized carbons (Fsp3) is 0.158. The average Bonchev–Trinajstić information content (AvgIpc) is 2.63. The van der Waals surface area contributed by atoms with Crippen molar-refractivity contribution in [1.82, 2.24) is 0 Å². The maximum Gasteiger partial charge on any atom is 0.362 e. The lowest BCUT2D eigenvalue weighted by atomic mass is 9.87. The predicted molar refractivity (Wildman–Crippen MR) is 92.6 cm³/mol. The molecule has 0 aliphatic heterocycles. The Morgan fingerprint density at radius 2 is 1.74 bits per heavy atom. The van der Waals surface area contributed by atoms with Crippen LogP contribution in [0.4, 0.5) is 0 Å². The number of ether oxygens (including phenoxy) is 2. The minimum Gasteiger partial charge on any atom is -0.497 e. The molecule has 23 heavy (non-hydrogen) atoms. The van der Waals surface area contributed by atoms with Crippen LogP contribution in [0.3, 0.4) is 0 Å². The quantitative estimate of drug-likeness (QED) is 0.738. The Morgan fingerprint density at radius 3 is 2.30 bits per heavy atom. The second kappa shape index (κ2) is 6.80. The molecular formula is C19H18O3P+. The van der Waals surface area contributed by atoms with Crippen molar-refractivity contribution in [1.29, 1.82) is 0 Å². The summed E-state index contributed by atoms with van der Waals surface area (Å²) in [5.74, 6) is 1.61. The van der Waals surface area contributed by atoms with Crippen LogP contribution in [0.1, 0.15) is 12.0 Å². The Bertz CT molecular complexity index is 735. The molecule has 4 heteroatoms. The van der Waals surface area contributed by atoms with Crippen LogP contribution in [-0.4, -0.2) is 7.11 Å². The van der Waals surface area contributed by atoms with Gasteiger partial charge in [0.2, 0.25) is 0 Å². The van der Waals surface area contributed by atoms with Crippen LogP contribution < -0.4 is 9.47 Å². The van der Waals surface area contributed by atoms with Gasteiger partial charge in [0, 0.05) is 6.42 Å². The van der Waals surface area contributed by atoms with Crippen molar-refractivity contribution in [3.05, 3.63) is 83.7 Å². The molecule has 2 unspecified atom stereocenters. The van der Waals surface area contributed by atoms with E-state index in [0.29, 0.717) is 6.42 Å². The van der Waals surface area contributed by atoms with Crippen LogP contribution in [0.25, 0.3) is 0 Å². The van der Waals surface area contributed by atoms with Crippen LogP contribution in [-0.2, 0) is 10.2 Å². The van der Waals surface area contributed by atoms with E-state index in [1.54, 1.807) is 7.11 Å². The lowest BCUT2D eigenvalue weighted by Crippen LogP contribution is -2.31. The highest BCUT2D eigenvalue weighted by molar-refractivity contribution is 7.29. The van der Waals surface area contributed by atoms with Gasteiger partial charge in [0.05, 0.1) is 7.11 Å². The Labute approximate surface area is 137 Å². The van der Waals surface area contributed by atoms with Gasteiger partial charge in [-0.05, 0) is 48.1 Å². The second-order valence-electron chi connectivity index (χ2n) is 5.33. The fourth-order valence-corrected chi connectivity index (χ4v) is 2.96. The third-order valence-corrected chi connectivity index (χ3v) is 4.50. The summed E-state index contributed by atoms with van der Waals surface area (Å²) in [6, 6.07) is 17.6. The smallest absolute Gasteiger partial charge is 0.362 e. The molecule has 2 aromatic rings. The molecule has 1 aliphatic carbocycles. The van der Waals surface area contributed by atoms with Crippen molar-refractivity contribution in [2.45, 2.75) is 12.0 Å². The first-order valence-corrected chi connectivity index (χ1v) is 8.33. The van der Waals surface area contributed by atoms with Crippen molar-refractivity contribution in [3.63, 3.8) is 0 Å². The first-order chi connectivity index (χ1) is 11.3. The number of rotatable bonds is 5. The zero-order valence-corrected chi connectivity index (χ0v) is 13.9. The van der Waals surface area contributed by atoms with Crippen LogP contribution >= 0.6 is 8.46 Å². The number of methoxy groups -OCH3 is 1. The first-order valence-electron chi connectivity index (χ1n) is 7.42. The summed E-state index contributed by atoms with van der Waals surface area (Å²) < 4.78 is 22.7. The summed E-state index contributed by atoms with van der Waals surface area (Å²) in [5.41, 5.74) is 0.430. The van der Waals surface area contributed by atoms with Gasteiger partial charge in [-0.2, -0.15) is 0 Å². The Morgan fingerprint density at radius 1 is 1.00 bits per heavy atom. The maximum absolute atomic E-state index is 11.1. The Kier molecular flexibility index (Phi) is 4.59. The van der Waals surface area contributed by atoms with Crippen LogP contribution in [0.15, 0.2) is 78.1 Å². The first kappa shape index (κ1) is 15.5. The molecule has 116 valence electrons. The van der Waals surface area contributed by atoms with Gasteiger partial charge in [-0.25, -0.2) is 0 Å². The van der Waals surface area contributed by atoms with Gasteiger partial charge in [-0.15, -0.1) is 0 Å².